The molecule has 0 unspecified atom stereocenters. The number of anilines is 1. The molecule has 21 heavy (non-hydrogen) atoms. The first-order valence-electron chi connectivity index (χ1n) is 6.28. The van der Waals surface area contributed by atoms with E-state index in [1.807, 2.05) is 36.4 Å². The number of hydrogen-bond donors (Lipinski definition) is 1. The third-order valence-electron chi connectivity index (χ3n) is 2.94. The van der Waals surface area contributed by atoms with E-state index >= 15 is 0 Å². The smallest absolute Gasteiger partial charge is 0.255 e. The van der Waals surface area contributed by atoms with Gasteiger partial charge in [0.2, 0.25) is 0 Å². The van der Waals surface area contributed by atoms with Crippen molar-refractivity contribution < 1.29 is 9.21 Å². The largest absolute Gasteiger partial charge is 0.444 e. The minimum atomic E-state index is -0.155. The summed E-state index contributed by atoms with van der Waals surface area (Å²) in [6.45, 7) is 0. The molecule has 0 saturated carbocycles. The number of nitrogens with one attached hydrogen (secondary N) is 1. The molecule has 0 bridgehead atoms. The second-order valence-electron chi connectivity index (χ2n) is 4.41. The normalized spacial score (nSPS) is 10.3. The molecule has 1 N–H and O–H groups in total. The van der Waals surface area contributed by atoms with E-state index in [4.69, 9.17) is 4.42 Å². The van der Waals surface area contributed by atoms with Gasteiger partial charge in [0.25, 0.3) is 5.91 Å². The van der Waals surface area contributed by atoms with Gasteiger partial charge in [-0.25, -0.2) is 4.98 Å². The Morgan fingerprint density at radius 1 is 1.14 bits per heavy atom. The molecule has 0 aliphatic carbocycles. The average molecular weight is 343 g/mol. The van der Waals surface area contributed by atoms with Crippen molar-refractivity contribution in [3.8, 4) is 11.3 Å². The van der Waals surface area contributed by atoms with Gasteiger partial charge < -0.3 is 9.73 Å². The maximum Gasteiger partial charge on any atom is 0.255 e. The van der Waals surface area contributed by atoms with Crippen molar-refractivity contribution in [1.29, 1.82) is 0 Å². The fourth-order valence-electron chi connectivity index (χ4n) is 1.91. The summed E-state index contributed by atoms with van der Waals surface area (Å²) in [7, 11) is 0. The van der Waals surface area contributed by atoms with E-state index < -0.39 is 0 Å². The fraction of sp³-hybridized carbons (Fsp3) is 0. The number of carbonyl (C=O) groups is 1. The molecule has 0 fully saturated rings. The van der Waals surface area contributed by atoms with Crippen LogP contribution in [0, 0.1) is 0 Å². The molecule has 1 aromatic heterocycles. The van der Waals surface area contributed by atoms with Gasteiger partial charge >= 0.3 is 0 Å². The van der Waals surface area contributed by atoms with E-state index in [0.29, 0.717) is 17.0 Å². The van der Waals surface area contributed by atoms with Crippen LogP contribution in [-0.4, -0.2) is 10.9 Å². The third kappa shape index (κ3) is 3.20. The van der Waals surface area contributed by atoms with Gasteiger partial charge in [-0.1, -0.05) is 28.1 Å². The molecule has 5 heteroatoms. The summed E-state index contributed by atoms with van der Waals surface area (Å²) in [6, 6.07) is 14.6. The molecule has 0 spiro atoms. The first-order chi connectivity index (χ1) is 10.2. The number of halogens is 1. The van der Waals surface area contributed by atoms with Crippen molar-refractivity contribution in [2.24, 2.45) is 0 Å². The molecule has 0 aliphatic rings. The minimum Gasteiger partial charge on any atom is -0.444 e. The van der Waals surface area contributed by atoms with Crippen LogP contribution in [0.4, 0.5) is 5.69 Å². The van der Waals surface area contributed by atoms with Crippen LogP contribution in [0.2, 0.25) is 0 Å². The molecule has 1 heterocycles. The van der Waals surface area contributed by atoms with Crippen molar-refractivity contribution in [3.05, 3.63) is 71.2 Å². The zero-order valence-corrected chi connectivity index (χ0v) is 12.5. The lowest BCUT2D eigenvalue weighted by Crippen LogP contribution is -2.11. The molecular formula is C16H11BrN2O2. The summed E-state index contributed by atoms with van der Waals surface area (Å²) in [5.41, 5.74) is 2.17. The van der Waals surface area contributed by atoms with Crippen molar-refractivity contribution in [3.63, 3.8) is 0 Å². The molecule has 104 valence electrons. The summed E-state index contributed by atoms with van der Waals surface area (Å²) < 4.78 is 6.18. The molecular weight excluding hydrogens is 332 g/mol. The Hall–Kier alpha value is -2.40. The van der Waals surface area contributed by atoms with Gasteiger partial charge in [-0.2, -0.15) is 0 Å². The van der Waals surface area contributed by atoms with E-state index in [1.54, 1.807) is 18.3 Å². The highest BCUT2D eigenvalue weighted by Gasteiger charge is 2.07. The summed E-state index contributed by atoms with van der Waals surface area (Å²) in [4.78, 5) is 16.0. The van der Waals surface area contributed by atoms with Crippen LogP contribution in [0.3, 0.4) is 0 Å². The van der Waals surface area contributed by atoms with Crippen molar-refractivity contribution in [1.82, 2.24) is 4.98 Å². The van der Waals surface area contributed by atoms with Crippen molar-refractivity contribution in [2.45, 2.75) is 0 Å². The van der Waals surface area contributed by atoms with Crippen LogP contribution < -0.4 is 5.32 Å². The molecule has 4 nitrogen and oxygen atoms in total. The van der Waals surface area contributed by atoms with E-state index in [0.717, 1.165) is 10.0 Å². The van der Waals surface area contributed by atoms with Gasteiger partial charge in [0.1, 0.15) is 0 Å². The second kappa shape index (κ2) is 5.93. The molecule has 0 saturated heterocycles. The molecule has 3 rings (SSSR count). The van der Waals surface area contributed by atoms with E-state index in [9.17, 15) is 4.79 Å². The zero-order valence-electron chi connectivity index (χ0n) is 10.9. The fourth-order valence-corrected chi connectivity index (χ4v) is 2.18. The molecule has 0 radical (unpaired) electrons. The van der Waals surface area contributed by atoms with Crippen LogP contribution >= 0.6 is 15.9 Å². The molecule has 1 amide bonds. The van der Waals surface area contributed by atoms with E-state index in [-0.39, 0.29) is 5.91 Å². The minimum absolute atomic E-state index is 0.155. The van der Waals surface area contributed by atoms with Gasteiger partial charge in [-0.15, -0.1) is 0 Å². The SMILES string of the molecule is O=C(Nc1cccc(-c2cnco2)c1)c1ccc(Br)cc1. The van der Waals surface area contributed by atoms with Gasteiger partial charge in [0, 0.05) is 21.3 Å². The molecule has 2 aromatic carbocycles. The number of carbonyl (C=O) groups excluding carboxylic acids is 1. The Labute approximate surface area is 130 Å². The van der Waals surface area contributed by atoms with Crippen molar-refractivity contribution in [2.75, 3.05) is 5.32 Å². The number of hydrogen-bond acceptors (Lipinski definition) is 3. The van der Waals surface area contributed by atoms with Gasteiger partial charge in [-0.05, 0) is 36.4 Å². The lowest BCUT2D eigenvalue weighted by atomic mass is 10.1. The summed E-state index contributed by atoms with van der Waals surface area (Å²) in [5.74, 6) is 0.506. The highest BCUT2D eigenvalue weighted by Crippen LogP contribution is 2.22. The van der Waals surface area contributed by atoms with Gasteiger partial charge in [0.15, 0.2) is 12.2 Å². The average Bonchev–Trinajstić information content (AvgIpc) is 3.02. The summed E-state index contributed by atoms with van der Waals surface area (Å²) >= 11 is 3.34. The maximum atomic E-state index is 12.2. The lowest BCUT2D eigenvalue weighted by molar-refractivity contribution is 0.102. The van der Waals surface area contributed by atoms with Gasteiger partial charge in [-0.3, -0.25) is 4.79 Å². The molecule has 0 atom stereocenters. The van der Waals surface area contributed by atoms with Crippen LogP contribution in [0.1, 0.15) is 10.4 Å². The number of nitrogens with zero attached hydrogens (tertiary/aromatic N) is 1. The lowest BCUT2D eigenvalue weighted by Gasteiger charge is -2.06. The number of amides is 1. The van der Waals surface area contributed by atoms with Crippen molar-refractivity contribution >= 4 is 27.5 Å². The first kappa shape index (κ1) is 13.6. The predicted octanol–water partition coefficient (Wildman–Crippen LogP) is 4.36. The Kier molecular flexibility index (Phi) is 3.83. The number of aromatic nitrogens is 1. The van der Waals surface area contributed by atoms with E-state index in [2.05, 4.69) is 26.2 Å². The predicted molar refractivity (Wildman–Crippen MR) is 84.0 cm³/mol. The monoisotopic (exact) mass is 342 g/mol. The highest BCUT2D eigenvalue weighted by molar-refractivity contribution is 9.10. The standard InChI is InChI=1S/C16H11BrN2O2/c17-13-6-4-11(5-7-13)16(20)19-14-3-1-2-12(8-14)15-9-18-10-21-15/h1-10H,(H,19,20). The Bertz CT molecular complexity index is 752. The third-order valence-corrected chi connectivity index (χ3v) is 3.47. The molecule has 3 aromatic rings. The highest BCUT2D eigenvalue weighted by atomic mass is 79.9. The Balaban J connectivity index is 1.80. The maximum absolute atomic E-state index is 12.2. The Morgan fingerprint density at radius 3 is 2.67 bits per heavy atom. The van der Waals surface area contributed by atoms with E-state index in [1.165, 1.54) is 6.39 Å². The van der Waals surface area contributed by atoms with Crippen LogP contribution in [-0.2, 0) is 0 Å². The topological polar surface area (TPSA) is 55.1 Å². The first-order valence-corrected chi connectivity index (χ1v) is 7.07. The molecule has 0 aliphatic heterocycles. The second-order valence-corrected chi connectivity index (χ2v) is 5.32. The Morgan fingerprint density at radius 2 is 1.95 bits per heavy atom. The van der Waals surface area contributed by atoms with Gasteiger partial charge in [0.05, 0.1) is 6.20 Å². The van der Waals surface area contributed by atoms with Crippen LogP contribution in [0.25, 0.3) is 11.3 Å². The summed E-state index contributed by atoms with van der Waals surface area (Å²) in [5, 5.41) is 2.86. The number of rotatable bonds is 3. The summed E-state index contributed by atoms with van der Waals surface area (Å²) in [6.07, 6.45) is 3.01. The quantitative estimate of drug-likeness (QED) is 0.769. The van der Waals surface area contributed by atoms with Crippen LogP contribution in [0.15, 0.2) is 70.0 Å². The number of oxazole rings is 1. The number of benzene rings is 2. The van der Waals surface area contributed by atoms with Crippen LogP contribution in [0.5, 0.6) is 0 Å². The zero-order chi connectivity index (χ0) is 14.7.